The molecule has 0 radical (unpaired) electrons. The van der Waals surface area contributed by atoms with Crippen LogP contribution in [0.15, 0.2) is 0 Å². The lowest BCUT2D eigenvalue weighted by Crippen LogP contribution is -2.42. The minimum absolute atomic E-state index is 0.113. The van der Waals surface area contributed by atoms with Crippen molar-refractivity contribution in [1.82, 2.24) is 0 Å². The quantitative estimate of drug-likeness (QED) is 0.195. The minimum atomic E-state index is -0.954. The van der Waals surface area contributed by atoms with E-state index in [9.17, 15) is 15.3 Å². The number of rotatable bonds is 13. The van der Waals surface area contributed by atoms with Gasteiger partial charge in [-0.2, -0.15) is 0 Å². The molecule has 160 valence electrons. The Morgan fingerprint density at radius 3 is 1.19 bits per heavy atom. The van der Waals surface area contributed by atoms with Gasteiger partial charge in [-0.1, -0.05) is 0 Å². The van der Waals surface area contributed by atoms with Crippen LogP contribution in [-0.4, -0.2) is 108 Å². The van der Waals surface area contributed by atoms with Crippen molar-refractivity contribution >= 4 is 0 Å². The first-order valence-electron chi connectivity index (χ1n) is 9.51. The van der Waals surface area contributed by atoms with Gasteiger partial charge >= 0.3 is 0 Å². The van der Waals surface area contributed by atoms with Gasteiger partial charge in [0.25, 0.3) is 0 Å². The van der Waals surface area contributed by atoms with Crippen LogP contribution in [0.25, 0.3) is 0 Å². The van der Waals surface area contributed by atoms with Crippen molar-refractivity contribution in [3.63, 3.8) is 0 Å². The highest BCUT2D eigenvalue weighted by Crippen LogP contribution is 2.50. The molecule has 3 rings (SSSR count). The molecule has 3 aliphatic rings. The first-order valence-corrected chi connectivity index (χ1v) is 9.51. The number of hydrogen-bond donors (Lipinski definition) is 6. The van der Waals surface area contributed by atoms with Crippen molar-refractivity contribution in [1.29, 1.82) is 0 Å². The highest BCUT2D eigenvalue weighted by Gasteiger charge is 2.49. The summed E-state index contributed by atoms with van der Waals surface area (Å²) >= 11 is 0. The van der Waals surface area contributed by atoms with Gasteiger partial charge in [0, 0.05) is 5.41 Å². The number of ether oxygens (including phenoxy) is 3. The predicted octanol–water partition coefficient (Wildman–Crippen LogP) is -1.98. The summed E-state index contributed by atoms with van der Waals surface area (Å²) in [5.41, 5.74) is -0.962. The smallest absolute Gasteiger partial charge is 0.100 e. The van der Waals surface area contributed by atoms with E-state index in [1.54, 1.807) is 0 Å². The van der Waals surface area contributed by atoms with E-state index >= 15 is 0 Å². The Kier molecular flexibility index (Phi) is 8.85. The third kappa shape index (κ3) is 7.88. The molecule has 0 aromatic carbocycles. The minimum Gasteiger partial charge on any atom is -0.396 e. The number of epoxide rings is 3. The predicted molar refractivity (Wildman–Crippen MR) is 94.0 cm³/mol. The maximum Gasteiger partial charge on any atom is 0.100 e. The molecule has 0 aromatic rings. The molecule has 3 heterocycles. The SMILES string of the molecule is OCC(CO)(CO)CC(CC1CO1)(CC1CO1)CC1CO1.OCC(O)CO. The van der Waals surface area contributed by atoms with E-state index in [1.807, 2.05) is 0 Å². The van der Waals surface area contributed by atoms with Crippen molar-refractivity contribution in [2.75, 3.05) is 52.9 Å². The number of aliphatic hydroxyl groups excluding tert-OH is 6. The third-order valence-electron chi connectivity index (χ3n) is 5.37. The molecule has 0 amide bonds. The average Bonchev–Trinajstić information content (AvgIpc) is 3.51. The topological polar surface area (TPSA) is 159 Å². The zero-order valence-corrected chi connectivity index (χ0v) is 15.7. The first kappa shape index (κ1) is 22.9. The normalized spacial score (nSPS) is 28.3. The summed E-state index contributed by atoms with van der Waals surface area (Å²) in [6, 6.07) is 0. The standard InChI is InChI=1S/C15H26O6.C3H8O3/c16-8-15(9-17,10-18)7-14(1-11-4-19-11,2-12-5-20-12)3-13-6-21-13;4-1-3(6)2-5/h11-13,16-18H,1-10H2;3-6H,1-2H2. The van der Waals surface area contributed by atoms with E-state index in [4.69, 9.17) is 29.5 Å². The van der Waals surface area contributed by atoms with Crippen LogP contribution in [0.1, 0.15) is 25.7 Å². The molecule has 9 heteroatoms. The van der Waals surface area contributed by atoms with Crippen molar-refractivity contribution in [2.45, 2.75) is 50.1 Å². The third-order valence-corrected chi connectivity index (χ3v) is 5.37. The van der Waals surface area contributed by atoms with Crippen molar-refractivity contribution < 1.29 is 44.8 Å². The molecule has 3 atom stereocenters. The molecule has 3 fully saturated rings. The maximum atomic E-state index is 9.68. The van der Waals surface area contributed by atoms with E-state index in [0.717, 1.165) is 39.1 Å². The summed E-state index contributed by atoms with van der Waals surface area (Å²) in [4.78, 5) is 0. The van der Waals surface area contributed by atoms with Gasteiger partial charge in [-0.15, -0.1) is 0 Å². The highest BCUT2D eigenvalue weighted by atomic mass is 16.6. The Morgan fingerprint density at radius 1 is 0.667 bits per heavy atom. The van der Waals surface area contributed by atoms with Gasteiger partial charge in [-0.3, -0.25) is 0 Å². The second kappa shape index (κ2) is 10.4. The summed E-state index contributed by atoms with van der Waals surface area (Å²) in [5, 5.41) is 53.0. The fourth-order valence-corrected chi connectivity index (χ4v) is 3.64. The van der Waals surface area contributed by atoms with Gasteiger partial charge in [-0.25, -0.2) is 0 Å². The van der Waals surface area contributed by atoms with E-state index < -0.39 is 11.5 Å². The molecule has 0 saturated carbocycles. The summed E-state index contributed by atoms with van der Waals surface area (Å²) in [5.74, 6) is 0. The molecule has 9 nitrogen and oxygen atoms in total. The molecule has 3 saturated heterocycles. The molecule has 0 aliphatic carbocycles. The molecule has 27 heavy (non-hydrogen) atoms. The second-order valence-electron chi connectivity index (χ2n) is 8.15. The molecular formula is C18H34O9. The van der Waals surface area contributed by atoms with Crippen LogP contribution >= 0.6 is 0 Å². The van der Waals surface area contributed by atoms with Gasteiger partial charge in [0.05, 0.1) is 71.2 Å². The van der Waals surface area contributed by atoms with Crippen LogP contribution in [0, 0.1) is 10.8 Å². The van der Waals surface area contributed by atoms with Crippen LogP contribution in [-0.2, 0) is 14.2 Å². The fourth-order valence-electron chi connectivity index (χ4n) is 3.64. The second-order valence-corrected chi connectivity index (χ2v) is 8.15. The largest absolute Gasteiger partial charge is 0.396 e. The lowest BCUT2D eigenvalue weighted by Gasteiger charge is -2.41. The summed E-state index contributed by atoms with van der Waals surface area (Å²) in [7, 11) is 0. The van der Waals surface area contributed by atoms with E-state index in [-0.39, 0.29) is 56.8 Å². The van der Waals surface area contributed by atoms with Crippen molar-refractivity contribution in [2.24, 2.45) is 10.8 Å². The molecule has 6 N–H and O–H groups in total. The van der Waals surface area contributed by atoms with Crippen molar-refractivity contribution in [3.8, 4) is 0 Å². The Labute approximate surface area is 159 Å². The Balaban J connectivity index is 0.000000380. The van der Waals surface area contributed by atoms with Gasteiger partial charge in [0.2, 0.25) is 0 Å². The van der Waals surface area contributed by atoms with Crippen LogP contribution in [0.5, 0.6) is 0 Å². The summed E-state index contributed by atoms with van der Waals surface area (Å²) in [6.07, 6.45) is 3.05. The Morgan fingerprint density at radius 2 is 1.00 bits per heavy atom. The van der Waals surface area contributed by atoms with Gasteiger partial charge in [0.15, 0.2) is 0 Å². The zero-order chi connectivity index (χ0) is 19.9. The Bertz CT molecular complexity index is 369. The lowest BCUT2D eigenvalue weighted by atomic mass is 9.65. The van der Waals surface area contributed by atoms with E-state index in [1.165, 1.54) is 0 Å². The molecule has 0 bridgehead atoms. The molecule has 3 aliphatic heterocycles. The van der Waals surface area contributed by atoms with Crippen LogP contribution in [0.3, 0.4) is 0 Å². The zero-order valence-electron chi connectivity index (χ0n) is 15.7. The lowest BCUT2D eigenvalue weighted by molar-refractivity contribution is -0.0426. The van der Waals surface area contributed by atoms with Gasteiger partial charge in [0.1, 0.15) is 6.10 Å². The number of hydrogen-bond acceptors (Lipinski definition) is 9. The van der Waals surface area contributed by atoms with Crippen molar-refractivity contribution in [3.05, 3.63) is 0 Å². The average molecular weight is 394 g/mol. The van der Waals surface area contributed by atoms with Crippen LogP contribution in [0.4, 0.5) is 0 Å². The van der Waals surface area contributed by atoms with Crippen LogP contribution < -0.4 is 0 Å². The number of aliphatic hydroxyl groups is 6. The maximum absolute atomic E-state index is 9.68. The fraction of sp³-hybridized carbons (Fsp3) is 1.00. The molecule has 3 unspecified atom stereocenters. The monoisotopic (exact) mass is 394 g/mol. The molecule has 0 aromatic heterocycles. The van der Waals surface area contributed by atoms with E-state index in [2.05, 4.69) is 0 Å². The molecule has 0 spiro atoms. The highest BCUT2D eigenvalue weighted by molar-refractivity contribution is 4.98. The summed E-state index contributed by atoms with van der Waals surface area (Å²) in [6.45, 7) is 0.960. The van der Waals surface area contributed by atoms with Gasteiger partial charge < -0.3 is 44.8 Å². The Hall–Kier alpha value is -0.360. The van der Waals surface area contributed by atoms with Gasteiger partial charge in [-0.05, 0) is 31.1 Å². The summed E-state index contributed by atoms with van der Waals surface area (Å²) < 4.78 is 16.2. The van der Waals surface area contributed by atoms with Crippen LogP contribution in [0.2, 0.25) is 0 Å². The van der Waals surface area contributed by atoms with E-state index in [0.29, 0.717) is 6.42 Å². The first-order chi connectivity index (χ1) is 12.9. The molecular weight excluding hydrogens is 360 g/mol.